The number of aromatic nitrogens is 1. The average Bonchev–Trinajstić information content (AvgIpc) is 3.18. The van der Waals surface area contributed by atoms with E-state index in [0.717, 1.165) is 59.6 Å². The molecule has 1 fully saturated rings. The molecule has 0 bridgehead atoms. The molecule has 3 N–H and O–H groups in total. The van der Waals surface area contributed by atoms with E-state index in [9.17, 15) is 4.79 Å². The Morgan fingerprint density at radius 1 is 1.21 bits per heavy atom. The molecular formula is C29H40N4O3SSi. The Hall–Kier alpha value is -2.62. The summed E-state index contributed by atoms with van der Waals surface area (Å²) in [6.07, 6.45) is 3.18. The number of nitrogens with zero attached hydrogens (tertiary/aromatic N) is 2. The van der Waals surface area contributed by atoms with Gasteiger partial charge in [0.05, 0.1) is 11.7 Å². The second-order valence-electron chi connectivity index (χ2n) is 12.2. The van der Waals surface area contributed by atoms with E-state index in [1.807, 2.05) is 19.1 Å². The minimum absolute atomic E-state index is 0.108. The summed E-state index contributed by atoms with van der Waals surface area (Å²) in [5, 5.41) is 4.19. The van der Waals surface area contributed by atoms with E-state index in [1.165, 1.54) is 17.0 Å². The molecule has 1 atom stereocenters. The summed E-state index contributed by atoms with van der Waals surface area (Å²) in [6, 6.07) is 10.2. The highest BCUT2D eigenvalue weighted by Crippen LogP contribution is 2.39. The molecule has 0 unspecified atom stereocenters. The molecule has 3 aromatic rings. The van der Waals surface area contributed by atoms with Gasteiger partial charge >= 0.3 is 0 Å². The predicted molar refractivity (Wildman–Crippen MR) is 159 cm³/mol. The quantitative estimate of drug-likeness (QED) is 0.383. The summed E-state index contributed by atoms with van der Waals surface area (Å²) in [6.45, 7) is 15.9. The van der Waals surface area contributed by atoms with Crippen LogP contribution in [-0.4, -0.2) is 51.1 Å². The molecule has 7 nitrogen and oxygen atoms in total. The Kier molecular flexibility index (Phi) is 7.21. The zero-order valence-corrected chi connectivity index (χ0v) is 25.2. The molecule has 9 heteroatoms. The van der Waals surface area contributed by atoms with Gasteiger partial charge in [0.2, 0.25) is 0 Å². The number of pyridine rings is 1. The van der Waals surface area contributed by atoms with E-state index < -0.39 is 8.32 Å². The van der Waals surface area contributed by atoms with Crippen molar-refractivity contribution in [1.29, 1.82) is 0 Å². The topological polar surface area (TPSA) is 89.7 Å². The molecule has 1 saturated heterocycles. The van der Waals surface area contributed by atoms with Gasteiger partial charge in [0.25, 0.3) is 5.91 Å². The van der Waals surface area contributed by atoms with Gasteiger partial charge in [0.1, 0.15) is 22.1 Å². The van der Waals surface area contributed by atoms with Crippen LogP contribution in [0.2, 0.25) is 18.1 Å². The lowest BCUT2D eigenvalue weighted by Gasteiger charge is -2.42. The van der Waals surface area contributed by atoms with E-state index in [2.05, 4.69) is 67.3 Å². The molecule has 0 radical (unpaired) electrons. The second kappa shape index (κ2) is 10.2. The molecular weight excluding hydrogens is 512 g/mol. The first-order chi connectivity index (χ1) is 17.9. The van der Waals surface area contributed by atoms with E-state index in [-0.39, 0.29) is 17.0 Å². The molecule has 2 aliphatic heterocycles. The van der Waals surface area contributed by atoms with Gasteiger partial charge in [-0.25, -0.2) is 4.98 Å². The van der Waals surface area contributed by atoms with Crippen molar-refractivity contribution in [3.05, 3.63) is 46.5 Å². The molecule has 38 heavy (non-hydrogen) atoms. The molecule has 0 aliphatic carbocycles. The molecule has 5 rings (SSSR count). The molecule has 2 aliphatic rings. The van der Waals surface area contributed by atoms with Crippen molar-refractivity contribution in [2.24, 2.45) is 0 Å². The number of amides is 1. The van der Waals surface area contributed by atoms with Crippen LogP contribution >= 0.6 is 11.3 Å². The summed E-state index contributed by atoms with van der Waals surface area (Å²) in [7, 11) is -1.75. The number of fused-ring (bicyclic) bond motifs is 2. The van der Waals surface area contributed by atoms with Crippen molar-refractivity contribution in [2.75, 3.05) is 30.3 Å². The largest absolute Gasteiger partial charge is 0.491 e. The van der Waals surface area contributed by atoms with E-state index >= 15 is 0 Å². The second-order valence-corrected chi connectivity index (χ2v) is 17.9. The summed E-state index contributed by atoms with van der Waals surface area (Å²) in [5.74, 6) is 0.744. The lowest BCUT2D eigenvalue weighted by atomic mass is 10.0. The van der Waals surface area contributed by atoms with Crippen molar-refractivity contribution >= 4 is 47.2 Å². The van der Waals surface area contributed by atoms with Gasteiger partial charge in [-0.15, -0.1) is 11.3 Å². The maximum atomic E-state index is 13.1. The fourth-order valence-corrected chi connectivity index (χ4v) is 7.45. The number of nitrogen functional groups attached to an aromatic ring is 1. The van der Waals surface area contributed by atoms with Crippen LogP contribution in [0.25, 0.3) is 10.2 Å². The minimum atomic E-state index is -1.75. The highest BCUT2D eigenvalue weighted by molar-refractivity contribution is 7.21. The Balaban J connectivity index is 1.19. The number of carbonyl (C=O) groups excluding carboxylic acids is 1. The standard InChI is InChI=1S/C29H40N4O3SSi/c1-18-7-10-23-25(30)26(37-28(23)31-18)27(34)32-20-15-19-8-9-21(16-24(19)35-17-20)33-13-11-22(12-14-33)36-38(5,6)29(2,3)4/h7-10,16,20,22H,11-15,17,30H2,1-6H3,(H,32,34)/t20-/m1/s1. The fraction of sp³-hybridized carbons (Fsp3) is 0.517. The van der Waals surface area contributed by atoms with E-state index in [0.29, 0.717) is 23.3 Å². The maximum Gasteiger partial charge on any atom is 0.263 e. The number of nitrogens with one attached hydrogen (secondary N) is 1. The van der Waals surface area contributed by atoms with Crippen molar-refractivity contribution in [3.8, 4) is 5.75 Å². The van der Waals surface area contributed by atoms with Crippen LogP contribution in [0, 0.1) is 6.92 Å². The van der Waals surface area contributed by atoms with Crippen LogP contribution in [-0.2, 0) is 10.8 Å². The first-order valence-electron chi connectivity index (χ1n) is 13.6. The predicted octanol–water partition coefficient (Wildman–Crippen LogP) is 5.91. The first-order valence-corrected chi connectivity index (χ1v) is 17.3. The third-order valence-corrected chi connectivity index (χ3v) is 14.0. The van der Waals surface area contributed by atoms with Gasteiger partial charge in [-0.05, 0) is 68.1 Å². The van der Waals surface area contributed by atoms with E-state index in [1.54, 1.807) is 0 Å². The average molecular weight is 553 g/mol. The lowest BCUT2D eigenvalue weighted by molar-refractivity contribution is 0.0920. The Morgan fingerprint density at radius 2 is 1.95 bits per heavy atom. The first kappa shape index (κ1) is 27.0. The number of benzene rings is 1. The van der Waals surface area contributed by atoms with Crippen molar-refractivity contribution in [2.45, 2.75) is 77.2 Å². The molecule has 204 valence electrons. The van der Waals surface area contributed by atoms with Gasteiger partial charge in [-0.1, -0.05) is 26.8 Å². The fourth-order valence-electron chi connectivity index (χ4n) is 4.98. The van der Waals surface area contributed by atoms with Crippen LogP contribution in [0.3, 0.4) is 0 Å². The summed E-state index contributed by atoms with van der Waals surface area (Å²) < 4.78 is 12.8. The highest BCUT2D eigenvalue weighted by Gasteiger charge is 2.39. The highest BCUT2D eigenvalue weighted by atomic mass is 32.1. The monoisotopic (exact) mass is 552 g/mol. The number of hydrogen-bond acceptors (Lipinski definition) is 7. The number of carbonyl (C=O) groups is 1. The maximum absolute atomic E-state index is 13.1. The molecule has 1 aromatic carbocycles. The van der Waals surface area contributed by atoms with Crippen molar-refractivity contribution in [3.63, 3.8) is 0 Å². The smallest absolute Gasteiger partial charge is 0.263 e. The number of aryl methyl sites for hydroxylation is 1. The van der Waals surface area contributed by atoms with Crippen LogP contribution in [0.4, 0.5) is 11.4 Å². The van der Waals surface area contributed by atoms with Gasteiger partial charge in [0, 0.05) is 42.0 Å². The van der Waals surface area contributed by atoms with E-state index in [4.69, 9.17) is 14.9 Å². The van der Waals surface area contributed by atoms with Gasteiger partial charge in [-0.2, -0.15) is 0 Å². The van der Waals surface area contributed by atoms with Crippen molar-refractivity contribution in [1.82, 2.24) is 10.3 Å². The number of anilines is 2. The normalized spacial score (nSPS) is 18.8. The van der Waals surface area contributed by atoms with Gasteiger partial charge in [0.15, 0.2) is 8.32 Å². The molecule has 2 aromatic heterocycles. The van der Waals surface area contributed by atoms with Crippen LogP contribution in [0.5, 0.6) is 5.75 Å². The van der Waals surface area contributed by atoms with Crippen LogP contribution < -0.4 is 20.7 Å². The summed E-state index contributed by atoms with van der Waals surface area (Å²) in [5.41, 5.74) is 9.99. The third kappa shape index (κ3) is 5.42. The number of piperidine rings is 1. The Labute approximate surface area is 230 Å². The van der Waals surface area contributed by atoms with Gasteiger partial charge in [-0.3, -0.25) is 4.79 Å². The summed E-state index contributed by atoms with van der Waals surface area (Å²) >= 11 is 1.34. The number of nitrogens with two attached hydrogens (primary N) is 1. The van der Waals surface area contributed by atoms with Crippen LogP contribution in [0.15, 0.2) is 30.3 Å². The molecule has 0 saturated carbocycles. The lowest BCUT2D eigenvalue weighted by Crippen LogP contribution is -2.47. The Bertz CT molecular complexity index is 1340. The number of rotatable bonds is 5. The number of thiophene rings is 1. The zero-order valence-electron chi connectivity index (χ0n) is 23.4. The van der Waals surface area contributed by atoms with Crippen LogP contribution in [0.1, 0.15) is 54.5 Å². The number of ether oxygens (including phenoxy) is 1. The minimum Gasteiger partial charge on any atom is -0.491 e. The Morgan fingerprint density at radius 3 is 2.66 bits per heavy atom. The SMILES string of the molecule is Cc1ccc2c(N)c(C(=O)N[C@H]3COc4cc(N5CCC(O[Si](C)(C)C(C)(C)C)CC5)ccc4C3)sc2n1. The zero-order chi connectivity index (χ0) is 27.2. The molecule has 4 heterocycles. The third-order valence-electron chi connectivity index (χ3n) is 8.31. The summed E-state index contributed by atoms with van der Waals surface area (Å²) in [4.78, 5) is 21.3. The molecule has 0 spiro atoms. The van der Waals surface area contributed by atoms with Crippen molar-refractivity contribution < 1.29 is 14.0 Å². The molecule has 1 amide bonds. The van der Waals surface area contributed by atoms with Gasteiger partial charge < -0.3 is 25.1 Å². The number of hydrogen-bond donors (Lipinski definition) is 2.